The van der Waals surface area contributed by atoms with Gasteiger partial charge in [0.15, 0.2) is 5.82 Å². The Morgan fingerprint density at radius 3 is 2.93 bits per heavy atom. The van der Waals surface area contributed by atoms with E-state index in [0.29, 0.717) is 5.82 Å². The third kappa shape index (κ3) is 0.821. The minimum absolute atomic E-state index is 0.412. The minimum atomic E-state index is 0.412. The fourth-order valence-corrected chi connectivity index (χ4v) is 1.54. The van der Waals surface area contributed by atoms with Crippen LogP contribution >= 0.6 is 0 Å². The molecular formula is C10H7N3O. The van der Waals surface area contributed by atoms with Crippen molar-refractivity contribution in [2.75, 3.05) is 5.73 Å². The molecule has 0 aromatic heterocycles. The lowest BCUT2D eigenvalue weighted by Crippen LogP contribution is -1.86. The maximum atomic E-state index is 5.63. The molecule has 0 radical (unpaired) electrons. The molecule has 4 heteroatoms. The second-order valence-corrected chi connectivity index (χ2v) is 3.08. The molecule has 0 spiro atoms. The van der Waals surface area contributed by atoms with E-state index in [1.54, 1.807) is 6.26 Å². The highest BCUT2D eigenvalue weighted by molar-refractivity contribution is 5.94. The standard InChI is InChI=1S/C10H7N3O/c11-10-7-5-14-8-4-2-1-3-6(8)9(7)12-13-10/h1-5H,(H2,11,13). The summed E-state index contributed by atoms with van der Waals surface area (Å²) >= 11 is 0. The molecule has 2 aliphatic rings. The van der Waals surface area contributed by atoms with E-state index in [1.165, 1.54) is 0 Å². The average molecular weight is 185 g/mol. The summed E-state index contributed by atoms with van der Waals surface area (Å²) in [6.07, 6.45) is 1.59. The molecule has 2 aliphatic heterocycles. The van der Waals surface area contributed by atoms with E-state index in [-0.39, 0.29) is 0 Å². The van der Waals surface area contributed by atoms with E-state index in [4.69, 9.17) is 10.2 Å². The Bertz CT molecular complexity index is 573. The van der Waals surface area contributed by atoms with E-state index in [0.717, 1.165) is 22.2 Å². The molecular weight excluding hydrogens is 178 g/mol. The second-order valence-electron chi connectivity index (χ2n) is 3.08. The van der Waals surface area contributed by atoms with Crippen LogP contribution in [0, 0.1) is 0 Å². The number of aromatic nitrogens is 2. The molecule has 3 rings (SSSR count). The van der Waals surface area contributed by atoms with E-state index < -0.39 is 0 Å². The van der Waals surface area contributed by atoms with Crippen LogP contribution in [0.4, 0.5) is 5.82 Å². The zero-order valence-corrected chi connectivity index (χ0v) is 7.27. The molecule has 0 amide bonds. The van der Waals surface area contributed by atoms with Crippen molar-refractivity contribution in [3.8, 4) is 11.3 Å². The number of nitrogens with zero attached hydrogens (tertiary/aromatic N) is 2. The number of rotatable bonds is 0. The van der Waals surface area contributed by atoms with Gasteiger partial charge in [-0.2, -0.15) is 0 Å². The van der Waals surface area contributed by atoms with Gasteiger partial charge in [-0.15, -0.1) is 10.2 Å². The highest BCUT2D eigenvalue weighted by atomic mass is 16.3. The molecule has 0 aliphatic carbocycles. The molecule has 68 valence electrons. The number of anilines is 1. The molecule has 1 aromatic rings. The summed E-state index contributed by atoms with van der Waals surface area (Å²) in [4.78, 5) is 0. The second kappa shape index (κ2) is 2.45. The highest BCUT2D eigenvalue weighted by Gasteiger charge is 2.15. The SMILES string of the molecule is Nc1nnc2c3ccccc3occ1-2. The van der Waals surface area contributed by atoms with E-state index >= 15 is 0 Å². The van der Waals surface area contributed by atoms with E-state index in [1.807, 2.05) is 24.3 Å². The molecule has 0 unspecified atom stereocenters. The molecule has 2 heterocycles. The Morgan fingerprint density at radius 2 is 2.00 bits per heavy atom. The number of hydrogen-bond donors (Lipinski definition) is 1. The smallest absolute Gasteiger partial charge is 0.158 e. The quantitative estimate of drug-likeness (QED) is 0.581. The first-order chi connectivity index (χ1) is 6.86. The summed E-state index contributed by atoms with van der Waals surface area (Å²) in [5, 5.41) is 8.76. The van der Waals surface area contributed by atoms with Crippen LogP contribution in [0.15, 0.2) is 34.9 Å². The van der Waals surface area contributed by atoms with Gasteiger partial charge in [0.2, 0.25) is 0 Å². The zero-order valence-electron chi connectivity index (χ0n) is 7.27. The molecule has 0 saturated heterocycles. The fraction of sp³-hybridized carbons (Fsp3) is 0. The summed E-state index contributed by atoms with van der Waals surface area (Å²) < 4.78 is 5.40. The fourth-order valence-electron chi connectivity index (χ4n) is 1.54. The summed E-state index contributed by atoms with van der Waals surface area (Å²) in [6.45, 7) is 0. The molecule has 0 saturated carbocycles. The van der Waals surface area contributed by atoms with E-state index in [9.17, 15) is 0 Å². The maximum Gasteiger partial charge on any atom is 0.158 e. The summed E-state index contributed by atoms with van der Waals surface area (Å²) in [5.41, 5.74) is 7.99. The van der Waals surface area contributed by atoms with Gasteiger partial charge in [-0.25, -0.2) is 0 Å². The number of hydrogen-bond acceptors (Lipinski definition) is 4. The van der Waals surface area contributed by atoms with Gasteiger partial charge in [0.25, 0.3) is 0 Å². The molecule has 14 heavy (non-hydrogen) atoms. The topological polar surface area (TPSA) is 64.9 Å². The van der Waals surface area contributed by atoms with Crippen molar-refractivity contribution < 1.29 is 4.42 Å². The molecule has 2 N–H and O–H groups in total. The predicted octanol–water partition coefficient (Wildman–Crippen LogP) is 1.91. The lowest BCUT2D eigenvalue weighted by atomic mass is 10.1. The first kappa shape index (κ1) is 7.32. The summed E-state index contributed by atoms with van der Waals surface area (Å²) in [7, 11) is 0. The van der Waals surface area contributed by atoms with Crippen molar-refractivity contribution in [1.29, 1.82) is 0 Å². The summed E-state index contributed by atoms with van der Waals surface area (Å²) in [6, 6.07) is 7.68. The van der Waals surface area contributed by atoms with Crippen LogP contribution < -0.4 is 5.73 Å². The van der Waals surface area contributed by atoms with Gasteiger partial charge < -0.3 is 10.2 Å². The third-order valence-corrected chi connectivity index (χ3v) is 2.23. The van der Waals surface area contributed by atoms with E-state index in [2.05, 4.69) is 10.2 Å². The third-order valence-electron chi connectivity index (χ3n) is 2.23. The van der Waals surface area contributed by atoms with Crippen LogP contribution in [-0.2, 0) is 0 Å². The highest BCUT2D eigenvalue weighted by Crippen LogP contribution is 2.31. The predicted molar refractivity (Wildman–Crippen MR) is 52.8 cm³/mol. The van der Waals surface area contributed by atoms with Crippen molar-refractivity contribution in [1.82, 2.24) is 10.2 Å². The monoisotopic (exact) mass is 185 g/mol. The summed E-state index contributed by atoms with van der Waals surface area (Å²) in [5.74, 6) is 0.412. The Hall–Kier alpha value is -2.10. The van der Waals surface area contributed by atoms with Crippen molar-refractivity contribution in [3.63, 3.8) is 0 Å². The average Bonchev–Trinajstić information content (AvgIpc) is 2.61. The van der Waals surface area contributed by atoms with Crippen LogP contribution in [0.5, 0.6) is 0 Å². The van der Waals surface area contributed by atoms with Gasteiger partial charge >= 0.3 is 0 Å². The number of nitrogen functional groups attached to an aromatic ring is 1. The Labute approximate surface area is 79.7 Å². The lowest BCUT2D eigenvalue weighted by Gasteiger charge is -2.00. The van der Waals surface area contributed by atoms with Gasteiger partial charge in [-0.05, 0) is 12.1 Å². The normalized spacial score (nSPS) is 11.1. The minimum Gasteiger partial charge on any atom is -0.463 e. The number of para-hydroxylation sites is 1. The van der Waals surface area contributed by atoms with Gasteiger partial charge in [-0.1, -0.05) is 12.1 Å². The zero-order chi connectivity index (χ0) is 9.54. The molecule has 0 fully saturated rings. The van der Waals surface area contributed by atoms with Crippen LogP contribution in [0.25, 0.3) is 22.2 Å². The Balaban J connectivity index is 2.53. The Morgan fingerprint density at radius 1 is 1.14 bits per heavy atom. The van der Waals surface area contributed by atoms with Crippen molar-refractivity contribution in [3.05, 3.63) is 30.5 Å². The maximum absolute atomic E-state index is 5.63. The molecule has 0 bridgehead atoms. The first-order valence-electron chi connectivity index (χ1n) is 4.24. The van der Waals surface area contributed by atoms with Gasteiger partial charge in [0, 0.05) is 5.39 Å². The van der Waals surface area contributed by atoms with Crippen LogP contribution in [0.1, 0.15) is 0 Å². The first-order valence-corrected chi connectivity index (χ1v) is 4.24. The van der Waals surface area contributed by atoms with Crippen molar-refractivity contribution in [2.45, 2.75) is 0 Å². The number of nitrogens with two attached hydrogens (primary N) is 1. The molecule has 0 atom stereocenters. The van der Waals surface area contributed by atoms with Crippen LogP contribution in [-0.4, -0.2) is 10.2 Å². The molecule has 4 nitrogen and oxygen atoms in total. The number of fused-ring (bicyclic) bond motifs is 3. The van der Waals surface area contributed by atoms with Gasteiger partial charge in [0.1, 0.15) is 17.5 Å². The van der Waals surface area contributed by atoms with Gasteiger partial charge in [-0.3, -0.25) is 0 Å². The van der Waals surface area contributed by atoms with Crippen LogP contribution in [0.2, 0.25) is 0 Å². The van der Waals surface area contributed by atoms with Crippen LogP contribution in [0.3, 0.4) is 0 Å². The Kier molecular flexibility index (Phi) is 1.28. The van der Waals surface area contributed by atoms with Crippen molar-refractivity contribution >= 4 is 16.8 Å². The lowest BCUT2D eigenvalue weighted by molar-refractivity contribution is 0.605. The van der Waals surface area contributed by atoms with Crippen molar-refractivity contribution in [2.24, 2.45) is 0 Å². The molecule has 1 aromatic carbocycles. The number of benzene rings is 1. The largest absolute Gasteiger partial charge is 0.463 e. The van der Waals surface area contributed by atoms with Gasteiger partial charge in [0.05, 0.1) is 5.56 Å².